The Labute approximate surface area is 125 Å². The maximum Gasteiger partial charge on any atom is 0.247 e. The number of rotatable bonds is 7. The minimum Gasteiger partial charge on any atom is -0.495 e. The highest BCUT2D eigenvalue weighted by Gasteiger charge is 2.38. The monoisotopic (exact) mass is 317 g/mol. The Balaban J connectivity index is 2.41. The molecule has 20 heavy (non-hydrogen) atoms. The van der Waals surface area contributed by atoms with Gasteiger partial charge in [-0.1, -0.05) is 13.0 Å². The van der Waals surface area contributed by atoms with E-state index in [1.165, 1.54) is 7.11 Å². The van der Waals surface area contributed by atoms with Gasteiger partial charge < -0.3 is 4.74 Å². The van der Waals surface area contributed by atoms with Crippen molar-refractivity contribution < 1.29 is 13.2 Å². The Morgan fingerprint density at radius 2 is 2.10 bits per heavy atom. The van der Waals surface area contributed by atoms with Gasteiger partial charge in [-0.2, -0.15) is 4.31 Å². The summed E-state index contributed by atoms with van der Waals surface area (Å²) in [4.78, 5) is 0.231. The van der Waals surface area contributed by atoms with E-state index < -0.39 is 10.0 Å². The van der Waals surface area contributed by atoms with E-state index in [2.05, 4.69) is 0 Å². The summed E-state index contributed by atoms with van der Waals surface area (Å²) >= 11 is 5.78. The number of sulfonamides is 1. The molecule has 112 valence electrons. The predicted octanol–water partition coefficient (Wildman–Crippen LogP) is 3.00. The first-order chi connectivity index (χ1) is 9.54. The molecule has 1 saturated carbocycles. The molecular formula is C14H20ClNO3S. The molecule has 1 aliphatic rings. The molecule has 0 aromatic heterocycles. The third-order valence-corrected chi connectivity index (χ3v) is 5.67. The Hall–Kier alpha value is -0.780. The summed E-state index contributed by atoms with van der Waals surface area (Å²) in [6.45, 7) is 2.53. The molecule has 0 unspecified atom stereocenters. The van der Waals surface area contributed by atoms with Gasteiger partial charge in [-0.3, -0.25) is 0 Å². The van der Waals surface area contributed by atoms with E-state index in [4.69, 9.17) is 16.3 Å². The summed E-state index contributed by atoms with van der Waals surface area (Å²) in [5.74, 6) is 0.697. The predicted molar refractivity (Wildman–Crippen MR) is 79.8 cm³/mol. The second-order valence-electron chi connectivity index (χ2n) is 4.97. The van der Waals surface area contributed by atoms with E-state index in [1.54, 1.807) is 22.5 Å². The number of benzene rings is 1. The van der Waals surface area contributed by atoms with Gasteiger partial charge >= 0.3 is 0 Å². The maximum absolute atomic E-state index is 12.8. The molecule has 6 heteroatoms. The third kappa shape index (κ3) is 3.10. The van der Waals surface area contributed by atoms with Crippen LogP contribution in [0.3, 0.4) is 0 Å². The zero-order valence-corrected chi connectivity index (χ0v) is 13.4. The highest BCUT2D eigenvalue weighted by molar-refractivity contribution is 7.89. The van der Waals surface area contributed by atoms with Crippen LogP contribution in [-0.2, 0) is 15.9 Å². The Morgan fingerprint density at radius 3 is 2.60 bits per heavy atom. The summed E-state index contributed by atoms with van der Waals surface area (Å²) in [6, 6.07) is 5.17. The topological polar surface area (TPSA) is 46.6 Å². The fourth-order valence-electron chi connectivity index (χ4n) is 2.22. The standard InChI is InChI=1S/C14H20ClNO3S/c1-3-8-16(12-5-6-12)20(17,18)14-7-4-11(10-15)9-13(14)19-2/h4,7,9,12H,3,5-6,8,10H2,1-2H3. The molecule has 0 spiro atoms. The van der Waals surface area contributed by atoms with Crippen LogP contribution in [0.5, 0.6) is 5.75 Å². The Bertz CT molecular complexity index is 570. The molecule has 0 saturated heterocycles. The van der Waals surface area contributed by atoms with Crippen molar-refractivity contribution in [2.45, 2.75) is 43.0 Å². The number of halogens is 1. The SMILES string of the molecule is CCCN(C1CC1)S(=O)(=O)c1ccc(CCl)cc1OC. The molecule has 0 amide bonds. The highest BCUT2D eigenvalue weighted by Crippen LogP contribution is 2.35. The minimum atomic E-state index is -3.50. The van der Waals surface area contributed by atoms with Gasteiger partial charge in [-0.05, 0) is 37.0 Å². The van der Waals surface area contributed by atoms with Crippen LogP contribution in [0.25, 0.3) is 0 Å². The fourth-order valence-corrected chi connectivity index (χ4v) is 4.30. The quantitative estimate of drug-likeness (QED) is 0.726. The molecule has 1 aromatic rings. The highest BCUT2D eigenvalue weighted by atomic mass is 35.5. The molecule has 0 atom stereocenters. The van der Waals surface area contributed by atoms with E-state index >= 15 is 0 Å². The molecule has 2 rings (SSSR count). The van der Waals surface area contributed by atoms with Gasteiger partial charge in [0.15, 0.2) is 0 Å². The molecule has 1 fully saturated rings. The lowest BCUT2D eigenvalue weighted by Gasteiger charge is -2.22. The van der Waals surface area contributed by atoms with Gasteiger partial charge in [-0.15, -0.1) is 11.6 Å². The van der Waals surface area contributed by atoms with Gasteiger partial charge in [0.1, 0.15) is 10.6 Å². The lowest BCUT2D eigenvalue weighted by Crippen LogP contribution is -2.34. The van der Waals surface area contributed by atoms with Crippen LogP contribution < -0.4 is 4.74 Å². The second kappa shape index (κ2) is 6.33. The van der Waals surface area contributed by atoms with Gasteiger partial charge in [0.2, 0.25) is 10.0 Å². The first-order valence-electron chi connectivity index (χ1n) is 6.79. The summed E-state index contributed by atoms with van der Waals surface area (Å²) < 4.78 is 32.4. The zero-order chi connectivity index (χ0) is 14.8. The maximum atomic E-state index is 12.8. The molecule has 0 heterocycles. The molecule has 0 N–H and O–H groups in total. The van der Waals surface area contributed by atoms with Crippen molar-refractivity contribution in [2.75, 3.05) is 13.7 Å². The molecular weight excluding hydrogens is 298 g/mol. The van der Waals surface area contributed by atoms with Crippen LogP contribution in [0.4, 0.5) is 0 Å². The minimum absolute atomic E-state index is 0.150. The Morgan fingerprint density at radius 1 is 1.40 bits per heavy atom. The Kier molecular flexibility index (Phi) is 4.94. The number of hydrogen-bond acceptors (Lipinski definition) is 3. The van der Waals surface area contributed by atoms with Crippen molar-refractivity contribution in [3.63, 3.8) is 0 Å². The van der Waals surface area contributed by atoms with E-state index in [1.807, 2.05) is 6.92 Å². The van der Waals surface area contributed by atoms with Gasteiger partial charge in [0.25, 0.3) is 0 Å². The first-order valence-corrected chi connectivity index (χ1v) is 8.76. The van der Waals surface area contributed by atoms with E-state index in [9.17, 15) is 8.42 Å². The van der Waals surface area contributed by atoms with Crippen molar-refractivity contribution in [2.24, 2.45) is 0 Å². The van der Waals surface area contributed by atoms with Crippen LogP contribution in [-0.4, -0.2) is 32.4 Å². The molecule has 0 radical (unpaired) electrons. The fraction of sp³-hybridized carbons (Fsp3) is 0.571. The summed E-state index contributed by atoms with van der Waals surface area (Å²) in [6.07, 6.45) is 2.69. The number of nitrogens with zero attached hydrogens (tertiary/aromatic N) is 1. The summed E-state index contributed by atoms with van der Waals surface area (Å²) in [7, 11) is -2.02. The summed E-state index contributed by atoms with van der Waals surface area (Å²) in [5, 5.41) is 0. The van der Waals surface area contributed by atoms with Crippen LogP contribution in [0.2, 0.25) is 0 Å². The number of ether oxygens (including phenoxy) is 1. The smallest absolute Gasteiger partial charge is 0.247 e. The van der Waals surface area contributed by atoms with Crippen molar-refractivity contribution in [3.05, 3.63) is 23.8 Å². The van der Waals surface area contributed by atoms with Crippen molar-refractivity contribution in [1.82, 2.24) is 4.31 Å². The van der Waals surface area contributed by atoms with Crippen molar-refractivity contribution in [1.29, 1.82) is 0 Å². The van der Waals surface area contributed by atoms with E-state index in [0.717, 1.165) is 24.8 Å². The van der Waals surface area contributed by atoms with Crippen LogP contribution in [0, 0.1) is 0 Å². The lowest BCUT2D eigenvalue weighted by atomic mass is 10.2. The van der Waals surface area contributed by atoms with Gasteiger partial charge in [-0.25, -0.2) is 8.42 Å². The molecule has 0 bridgehead atoms. The number of hydrogen-bond donors (Lipinski definition) is 0. The van der Waals surface area contributed by atoms with Crippen molar-refractivity contribution in [3.8, 4) is 5.75 Å². The van der Waals surface area contributed by atoms with Gasteiger partial charge in [0.05, 0.1) is 7.11 Å². The molecule has 0 aliphatic heterocycles. The second-order valence-corrected chi connectivity index (χ2v) is 7.09. The van der Waals surface area contributed by atoms with Gasteiger partial charge in [0, 0.05) is 18.5 Å². The molecule has 4 nitrogen and oxygen atoms in total. The van der Waals surface area contributed by atoms with Crippen molar-refractivity contribution >= 4 is 21.6 Å². The van der Waals surface area contributed by atoms with Crippen LogP contribution >= 0.6 is 11.6 Å². The number of methoxy groups -OCH3 is 1. The summed E-state index contributed by atoms with van der Waals surface area (Å²) in [5.41, 5.74) is 0.843. The average molecular weight is 318 g/mol. The largest absolute Gasteiger partial charge is 0.495 e. The zero-order valence-electron chi connectivity index (χ0n) is 11.8. The lowest BCUT2D eigenvalue weighted by molar-refractivity contribution is 0.384. The normalized spacial score (nSPS) is 15.6. The van der Waals surface area contributed by atoms with E-state index in [-0.39, 0.29) is 10.9 Å². The molecule has 1 aliphatic carbocycles. The van der Waals surface area contributed by atoms with Crippen LogP contribution in [0.15, 0.2) is 23.1 Å². The average Bonchev–Trinajstić information content (AvgIpc) is 3.28. The molecule has 1 aromatic carbocycles. The van der Waals surface area contributed by atoms with E-state index in [0.29, 0.717) is 18.2 Å². The number of alkyl halides is 1. The first kappa shape index (κ1) is 15.6. The van der Waals surface area contributed by atoms with Crippen LogP contribution in [0.1, 0.15) is 31.7 Å². The third-order valence-electron chi connectivity index (χ3n) is 3.37.